The van der Waals surface area contributed by atoms with Gasteiger partial charge in [-0.25, -0.2) is 0 Å². The predicted molar refractivity (Wildman–Crippen MR) is 44.6 cm³/mol. The molecule has 0 atom stereocenters. The van der Waals surface area contributed by atoms with E-state index in [-0.39, 0.29) is 0 Å². The number of hydrogen-bond acceptors (Lipinski definition) is 0. The molecule has 0 saturated carbocycles. The number of hydrogen-bond donors (Lipinski definition) is 0. The first kappa shape index (κ1) is 8.54. The van der Waals surface area contributed by atoms with Crippen molar-refractivity contribution < 1.29 is 0 Å². The summed E-state index contributed by atoms with van der Waals surface area (Å²) < 4.78 is 0. The summed E-state index contributed by atoms with van der Waals surface area (Å²) in [5, 5.41) is 0. The van der Waals surface area contributed by atoms with Gasteiger partial charge >= 0.3 is 0 Å². The molecule has 9 heavy (non-hydrogen) atoms. The van der Waals surface area contributed by atoms with Crippen molar-refractivity contribution >= 4 is 7.28 Å². The summed E-state index contributed by atoms with van der Waals surface area (Å²) in [6.07, 6.45) is 4.21. The molecule has 0 nitrogen and oxygen atoms in total. The second-order valence-electron chi connectivity index (χ2n) is 2.21. The van der Waals surface area contributed by atoms with Crippen LogP contribution in [0.5, 0.6) is 0 Å². The Hall–Kier alpha value is -0.455. The normalized spacial score (nSPS) is 13.8. The molecule has 0 heterocycles. The molecule has 0 N–H and O–H groups in total. The molecule has 49 valence electrons. The zero-order valence-electron chi connectivity index (χ0n) is 6.73. The Kier molecular flexibility index (Phi) is 4.20. The fraction of sp³-hybridized carbons (Fsp3) is 0.500. The lowest BCUT2D eigenvalue weighted by Gasteiger charge is -1.95. The van der Waals surface area contributed by atoms with Crippen molar-refractivity contribution in [2.24, 2.45) is 0 Å². The minimum Gasteiger partial charge on any atom is -0.110 e. The van der Waals surface area contributed by atoms with Gasteiger partial charge in [-0.15, -0.1) is 10.9 Å². The molecule has 0 aliphatic heterocycles. The third kappa shape index (κ3) is 4.08. The lowest BCUT2D eigenvalue weighted by atomic mass is 9.64. The fourth-order valence-corrected chi connectivity index (χ4v) is 0.526. The molecule has 0 rings (SSSR count). The molecule has 0 bridgehead atoms. The van der Waals surface area contributed by atoms with Crippen molar-refractivity contribution in [1.29, 1.82) is 0 Å². The van der Waals surface area contributed by atoms with Gasteiger partial charge in [0.1, 0.15) is 0 Å². The minimum atomic E-state index is 1.32. The number of allylic oxidation sites excluding steroid dienone is 4. The van der Waals surface area contributed by atoms with E-state index in [4.69, 9.17) is 0 Å². The average Bonchev–Trinajstić information content (AvgIpc) is 1.87. The molecular weight excluding hydrogens is 107 g/mol. The van der Waals surface area contributed by atoms with Gasteiger partial charge in [0.25, 0.3) is 0 Å². The third-order valence-electron chi connectivity index (χ3n) is 1.37. The van der Waals surface area contributed by atoms with Gasteiger partial charge in [0.2, 0.25) is 0 Å². The Bertz CT molecular complexity index is 116. The van der Waals surface area contributed by atoms with Crippen LogP contribution in [0.1, 0.15) is 27.7 Å². The quantitative estimate of drug-likeness (QED) is 0.492. The van der Waals surface area contributed by atoms with E-state index >= 15 is 0 Å². The van der Waals surface area contributed by atoms with Gasteiger partial charge < -0.3 is 0 Å². The average molecular weight is 121 g/mol. The van der Waals surface area contributed by atoms with E-state index in [1.54, 1.807) is 0 Å². The molecular formula is C8H14B. The smallest absolute Gasteiger partial charge is 0.110 e. The maximum absolute atomic E-state index is 2.17. The van der Waals surface area contributed by atoms with Crippen LogP contribution in [0.4, 0.5) is 0 Å². The Morgan fingerprint density at radius 1 is 1.00 bits per heavy atom. The molecule has 0 amide bonds. The zero-order valence-corrected chi connectivity index (χ0v) is 6.73. The molecule has 0 aliphatic rings. The molecule has 1 radical (unpaired) electrons. The van der Waals surface area contributed by atoms with Gasteiger partial charge in [-0.2, -0.15) is 0 Å². The van der Waals surface area contributed by atoms with Gasteiger partial charge in [0.05, 0.1) is 0 Å². The highest BCUT2D eigenvalue weighted by molar-refractivity contribution is 6.53. The first-order valence-corrected chi connectivity index (χ1v) is 3.31. The van der Waals surface area contributed by atoms with Gasteiger partial charge in [-0.05, 0) is 13.8 Å². The lowest BCUT2D eigenvalue weighted by Crippen LogP contribution is -1.93. The van der Waals surface area contributed by atoms with Crippen molar-refractivity contribution in [3.63, 3.8) is 0 Å². The molecule has 0 aromatic rings. The summed E-state index contributed by atoms with van der Waals surface area (Å²) in [4.78, 5) is 0. The van der Waals surface area contributed by atoms with Crippen LogP contribution in [0, 0.1) is 0 Å². The Morgan fingerprint density at radius 2 is 1.33 bits per heavy atom. The number of rotatable bonds is 2. The first-order valence-electron chi connectivity index (χ1n) is 3.31. The Morgan fingerprint density at radius 3 is 1.56 bits per heavy atom. The highest BCUT2D eigenvalue weighted by Gasteiger charge is 1.90. The Balaban J connectivity index is 3.75. The van der Waals surface area contributed by atoms with Crippen LogP contribution < -0.4 is 0 Å². The van der Waals surface area contributed by atoms with Crippen LogP contribution >= 0.6 is 0 Å². The summed E-state index contributed by atoms with van der Waals surface area (Å²) in [6, 6.07) is 0. The van der Waals surface area contributed by atoms with Crippen LogP contribution in [0.15, 0.2) is 23.1 Å². The SMILES string of the molecule is CC=C(C)[B]C(C)=CC. The van der Waals surface area contributed by atoms with Gasteiger partial charge in [-0.1, -0.05) is 26.0 Å². The van der Waals surface area contributed by atoms with E-state index in [9.17, 15) is 0 Å². The third-order valence-corrected chi connectivity index (χ3v) is 1.37. The molecule has 0 unspecified atom stereocenters. The van der Waals surface area contributed by atoms with Crippen LogP contribution in [0.25, 0.3) is 0 Å². The van der Waals surface area contributed by atoms with E-state index in [0.29, 0.717) is 0 Å². The van der Waals surface area contributed by atoms with E-state index in [2.05, 4.69) is 47.1 Å². The van der Waals surface area contributed by atoms with Crippen molar-refractivity contribution in [2.75, 3.05) is 0 Å². The highest BCUT2D eigenvalue weighted by atomic mass is 13.7. The molecule has 0 fully saturated rings. The molecule has 1 heteroatoms. The lowest BCUT2D eigenvalue weighted by molar-refractivity contribution is 1.52. The predicted octanol–water partition coefficient (Wildman–Crippen LogP) is 2.54. The van der Waals surface area contributed by atoms with Crippen molar-refractivity contribution in [3.8, 4) is 0 Å². The summed E-state index contributed by atoms with van der Waals surface area (Å²) in [7, 11) is 2.17. The zero-order chi connectivity index (χ0) is 7.28. The fourth-order valence-electron chi connectivity index (χ4n) is 0.526. The van der Waals surface area contributed by atoms with E-state index < -0.39 is 0 Å². The minimum absolute atomic E-state index is 1.32. The molecule has 0 saturated heterocycles. The summed E-state index contributed by atoms with van der Waals surface area (Å²) in [5.41, 5.74) is 2.65. The maximum Gasteiger partial charge on any atom is 0.178 e. The largest absolute Gasteiger partial charge is 0.178 e. The van der Waals surface area contributed by atoms with Crippen LogP contribution in [-0.2, 0) is 0 Å². The standard InChI is InChI=1S/C8H14B/c1-5-7(3)9-8(4)6-2/h5-6H,1-4H3. The second-order valence-corrected chi connectivity index (χ2v) is 2.21. The van der Waals surface area contributed by atoms with Gasteiger partial charge in [-0.3, -0.25) is 0 Å². The monoisotopic (exact) mass is 121 g/mol. The highest BCUT2D eigenvalue weighted by Crippen LogP contribution is 1.96. The Labute approximate surface area is 58.9 Å². The summed E-state index contributed by atoms with van der Waals surface area (Å²) >= 11 is 0. The maximum atomic E-state index is 2.17. The van der Waals surface area contributed by atoms with E-state index in [1.165, 1.54) is 10.9 Å². The van der Waals surface area contributed by atoms with E-state index in [0.717, 1.165) is 0 Å². The molecule has 0 aliphatic carbocycles. The van der Waals surface area contributed by atoms with Crippen molar-refractivity contribution in [1.82, 2.24) is 0 Å². The van der Waals surface area contributed by atoms with Crippen LogP contribution in [0.3, 0.4) is 0 Å². The summed E-state index contributed by atoms with van der Waals surface area (Å²) in [6.45, 7) is 8.31. The van der Waals surface area contributed by atoms with Gasteiger partial charge in [0, 0.05) is 0 Å². The van der Waals surface area contributed by atoms with Crippen LogP contribution in [-0.4, -0.2) is 7.28 Å². The van der Waals surface area contributed by atoms with Crippen LogP contribution in [0.2, 0.25) is 0 Å². The second kappa shape index (κ2) is 4.43. The topological polar surface area (TPSA) is 0 Å². The van der Waals surface area contributed by atoms with E-state index in [1.807, 2.05) is 0 Å². The summed E-state index contributed by atoms with van der Waals surface area (Å²) in [5.74, 6) is 0. The van der Waals surface area contributed by atoms with Gasteiger partial charge in [0.15, 0.2) is 7.28 Å². The molecule has 0 aromatic carbocycles. The van der Waals surface area contributed by atoms with Crippen molar-refractivity contribution in [2.45, 2.75) is 27.7 Å². The first-order chi connectivity index (χ1) is 4.20. The molecule has 0 spiro atoms. The van der Waals surface area contributed by atoms with Crippen molar-refractivity contribution in [3.05, 3.63) is 23.1 Å². The molecule has 0 aromatic heterocycles.